The first-order valence-corrected chi connectivity index (χ1v) is 6.44. The third-order valence-corrected chi connectivity index (χ3v) is 3.95. The zero-order valence-electron chi connectivity index (χ0n) is 11.3. The lowest BCUT2D eigenvalue weighted by molar-refractivity contribution is -0.139. The number of aromatic nitrogens is 3. The lowest BCUT2D eigenvalue weighted by atomic mass is 10.1. The molecule has 20 heavy (non-hydrogen) atoms. The standard InChI is InChI=1S/C14H15N3O3/c1-14(2)10(11(14)13(18)19)12-16-9(17-20-12)7-8-3-5-15-6-4-8/h3-6,10-11H,7H2,1-2H3,(H,18,19). The van der Waals surface area contributed by atoms with Crippen molar-refractivity contribution in [2.75, 3.05) is 0 Å². The number of carboxylic acid groups (broad SMARTS) is 1. The highest BCUT2D eigenvalue weighted by Gasteiger charge is 2.65. The van der Waals surface area contributed by atoms with E-state index in [1.54, 1.807) is 12.4 Å². The zero-order valence-corrected chi connectivity index (χ0v) is 11.3. The van der Waals surface area contributed by atoms with Gasteiger partial charge in [-0.3, -0.25) is 9.78 Å². The molecule has 1 fully saturated rings. The molecule has 6 nitrogen and oxygen atoms in total. The van der Waals surface area contributed by atoms with Gasteiger partial charge in [-0.2, -0.15) is 4.98 Å². The van der Waals surface area contributed by atoms with Gasteiger partial charge < -0.3 is 9.63 Å². The second kappa shape index (κ2) is 4.40. The molecule has 1 aliphatic carbocycles. The molecule has 1 aliphatic rings. The Labute approximate surface area is 115 Å². The number of nitrogens with zero attached hydrogens (tertiary/aromatic N) is 3. The molecule has 0 aromatic carbocycles. The molecule has 0 aliphatic heterocycles. The number of carbonyl (C=O) groups is 1. The smallest absolute Gasteiger partial charge is 0.307 e. The Balaban J connectivity index is 1.77. The third kappa shape index (κ3) is 2.07. The zero-order chi connectivity index (χ0) is 14.3. The van der Waals surface area contributed by atoms with E-state index in [0.29, 0.717) is 18.1 Å². The number of carboxylic acids is 1. The Kier molecular flexibility index (Phi) is 2.81. The summed E-state index contributed by atoms with van der Waals surface area (Å²) in [5.41, 5.74) is 0.712. The van der Waals surface area contributed by atoms with Crippen molar-refractivity contribution in [3.05, 3.63) is 41.8 Å². The Bertz CT molecular complexity index is 636. The second-order valence-corrected chi connectivity index (χ2v) is 5.70. The highest BCUT2D eigenvalue weighted by Crippen LogP contribution is 2.63. The van der Waals surface area contributed by atoms with E-state index in [4.69, 9.17) is 9.63 Å². The second-order valence-electron chi connectivity index (χ2n) is 5.70. The van der Waals surface area contributed by atoms with Crippen LogP contribution < -0.4 is 0 Å². The van der Waals surface area contributed by atoms with Gasteiger partial charge in [0.15, 0.2) is 5.82 Å². The van der Waals surface area contributed by atoms with E-state index >= 15 is 0 Å². The summed E-state index contributed by atoms with van der Waals surface area (Å²) < 4.78 is 5.24. The van der Waals surface area contributed by atoms with E-state index < -0.39 is 11.9 Å². The van der Waals surface area contributed by atoms with Gasteiger partial charge in [0.05, 0.1) is 11.8 Å². The highest BCUT2D eigenvalue weighted by molar-refractivity contribution is 5.77. The maximum Gasteiger partial charge on any atom is 0.307 e. The molecule has 1 saturated carbocycles. The van der Waals surface area contributed by atoms with E-state index in [1.807, 2.05) is 26.0 Å². The number of rotatable bonds is 4. The quantitative estimate of drug-likeness (QED) is 0.914. The highest BCUT2D eigenvalue weighted by atomic mass is 16.5. The molecule has 0 bridgehead atoms. The molecule has 2 aromatic rings. The van der Waals surface area contributed by atoms with E-state index in [0.717, 1.165) is 5.56 Å². The number of hydrogen-bond acceptors (Lipinski definition) is 5. The van der Waals surface area contributed by atoms with Crippen LogP contribution in [-0.4, -0.2) is 26.2 Å². The summed E-state index contributed by atoms with van der Waals surface area (Å²) in [6.45, 7) is 3.81. The van der Waals surface area contributed by atoms with Crippen LogP contribution in [0, 0.1) is 11.3 Å². The van der Waals surface area contributed by atoms with E-state index in [-0.39, 0.29) is 11.3 Å². The molecular weight excluding hydrogens is 258 g/mol. The summed E-state index contributed by atoms with van der Waals surface area (Å²) in [5, 5.41) is 13.1. The molecule has 2 atom stereocenters. The van der Waals surface area contributed by atoms with E-state index in [9.17, 15) is 4.79 Å². The lowest BCUT2D eigenvalue weighted by Crippen LogP contribution is -2.03. The minimum atomic E-state index is -0.811. The average Bonchev–Trinajstić information content (AvgIpc) is 2.76. The van der Waals surface area contributed by atoms with Crippen LogP contribution in [0.1, 0.15) is 37.0 Å². The summed E-state index contributed by atoms with van der Waals surface area (Å²) in [6, 6.07) is 3.77. The van der Waals surface area contributed by atoms with Gasteiger partial charge in [-0.05, 0) is 23.1 Å². The topological polar surface area (TPSA) is 89.1 Å². The molecule has 1 N–H and O–H groups in total. The van der Waals surface area contributed by atoms with Crippen LogP contribution in [0.15, 0.2) is 29.0 Å². The molecule has 0 radical (unpaired) electrons. The predicted molar refractivity (Wildman–Crippen MR) is 69.0 cm³/mol. The Morgan fingerprint density at radius 2 is 2.10 bits per heavy atom. The van der Waals surface area contributed by atoms with Crippen molar-refractivity contribution in [1.29, 1.82) is 0 Å². The van der Waals surface area contributed by atoms with Crippen molar-refractivity contribution < 1.29 is 14.4 Å². The van der Waals surface area contributed by atoms with Crippen LogP contribution in [0.4, 0.5) is 0 Å². The fourth-order valence-corrected chi connectivity index (χ4v) is 2.71. The van der Waals surface area contributed by atoms with Crippen LogP contribution in [0.2, 0.25) is 0 Å². The summed E-state index contributed by atoms with van der Waals surface area (Å²) in [4.78, 5) is 19.4. The van der Waals surface area contributed by atoms with E-state index in [2.05, 4.69) is 15.1 Å². The monoisotopic (exact) mass is 273 g/mol. The van der Waals surface area contributed by atoms with Crippen LogP contribution >= 0.6 is 0 Å². The third-order valence-electron chi connectivity index (χ3n) is 3.95. The molecule has 0 amide bonds. The van der Waals surface area contributed by atoms with Gasteiger partial charge in [0, 0.05) is 18.8 Å². The minimum Gasteiger partial charge on any atom is -0.481 e. The summed E-state index contributed by atoms with van der Waals surface area (Å²) in [5.74, 6) is -0.464. The normalized spacial score (nSPS) is 23.5. The van der Waals surface area contributed by atoms with Crippen LogP contribution in [0.5, 0.6) is 0 Å². The van der Waals surface area contributed by atoms with Crippen LogP contribution in [-0.2, 0) is 11.2 Å². The Hall–Kier alpha value is -2.24. The van der Waals surface area contributed by atoms with Crippen molar-refractivity contribution >= 4 is 5.97 Å². The largest absolute Gasteiger partial charge is 0.481 e. The van der Waals surface area contributed by atoms with Gasteiger partial charge in [0.2, 0.25) is 5.89 Å². The maximum atomic E-state index is 11.2. The molecule has 6 heteroatoms. The van der Waals surface area contributed by atoms with Gasteiger partial charge in [-0.15, -0.1) is 0 Å². The molecular formula is C14H15N3O3. The molecule has 3 rings (SSSR count). The van der Waals surface area contributed by atoms with Gasteiger partial charge in [-0.1, -0.05) is 19.0 Å². The average molecular weight is 273 g/mol. The molecule has 2 aromatic heterocycles. The maximum absolute atomic E-state index is 11.2. The molecule has 2 unspecified atom stereocenters. The predicted octanol–water partition coefficient (Wildman–Crippen LogP) is 1.88. The van der Waals surface area contributed by atoms with Gasteiger partial charge in [0.1, 0.15) is 0 Å². The summed E-state index contributed by atoms with van der Waals surface area (Å²) in [7, 11) is 0. The molecule has 0 spiro atoms. The van der Waals surface area contributed by atoms with Gasteiger partial charge >= 0.3 is 5.97 Å². The molecule has 0 saturated heterocycles. The van der Waals surface area contributed by atoms with Gasteiger partial charge in [-0.25, -0.2) is 0 Å². The first-order chi connectivity index (χ1) is 9.50. The number of pyridine rings is 1. The summed E-state index contributed by atoms with van der Waals surface area (Å²) >= 11 is 0. The fourth-order valence-electron chi connectivity index (χ4n) is 2.71. The van der Waals surface area contributed by atoms with Gasteiger partial charge in [0.25, 0.3) is 0 Å². The number of hydrogen-bond donors (Lipinski definition) is 1. The first kappa shape index (κ1) is 12.8. The summed E-state index contributed by atoms with van der Waals surface area (Å²) in [6.07, 6.45) is 3.97. The molecule has 2 heterocycles. The van der Waals surface area contributed by atoms with Crippen molar-refractivity contribution in [3.63, 3.8) is 0 Å². The van der Waals surface area contributed by atoms with Crippen molar-refractivity contribution in [2.24, 2.45) is 11.3 Å². The molecule has 104 valence electrons. The minimum absolute atomic E-state index is 0.196. The Morgan fingerprint density at radius 1 is 1.40 bits per heavy atom. The van der Waals surface area contributed by atoms with Crippen LogP contribution in [0.3, 0.4) is 0 Å². The van der Waals surface area contributed by atoms with Crippen LogP contribution in [0.25, 0.3) is 0 Å². The van der Waals surface area contributed by atoms with Crippen molar-refractivity contribution in [3.8, 4) is 0 Å². The van der Waals surface area contributed by atoms with E-state index in [1.165, 1.54) is 0 Å². The fraction of sp³-hybridized carbons (Fsp3) is 0.429. The number of aliphatic carboxylic acids is 1. The Morgan fingerprint density at radius 3 is 2.70 bits per heavy atom. The lowest BCUT2D eigenvalue weighted by Gasteiger charge is -1.96. The van der Waals surface area contributed by atoms with Crippen molar-refractivity contribution in [1.82, 2.24) is 15.1 Å². The first-order valence-electron chi connectivity index (χ1n) is 6.44. The SMILES string of the molecule is CC1(C)C(C(=O)O)C1c1nc(Cc2ccncc2)no1. The van der Waals surface area contributed by atoms with Crippen molar-refractivity contribution in [2.45, 2.75) is 26.2 Å².